The predicted octanol–water partition coefficient (Wildman–Crippen LogP) is 4.71. The zero-order valence-corrected chi connectivity index (χ0v) is 32.5. The number of benzene rings is 2. The zero-order valence-electron chi connectivity index (χ0n) is 30.9. The monoisotopic (exact) mass is 762 g/mol. The van der Waals surface area contributed by atoms with Gasteiger partial charge in [0.05, 0.1) is 42.7 Å². The third kappa shape index (κ3) is 12.1. The van der Waals surface area contributed by atoms with Crippen LogP contribution in [0.25, 0.3) is 12.2 Å². The molecular weight excluding hydrogens is 711 g/mol. The molecule has 286 valence electrons. The first-order chi connectivity index (χ1) is 24.3. The van der Waals surface area contributed by atoms with Crippen LogP contribution in [0.2, 0.25) is 0 Å². The van der Waals surface area contributed by atoms with E-state index in [0.29, 0.717) is 60.7 Å². The van der Waals surface area contributed by atoms with E-state index in [1.54, 1.807) is 67.0 Å². The van der Waals surface area contributed by atoms with Gasteiger partial charge in [0.2, 0.25) is 23.3 Å². The lowest BCUT2D eigenvalue weighted by molar-refractivity contribution is -0.128. The number of nitrogens with zero attached hydrogens (tertiary/aromatic N) is 4. The molecule has 52 heavy (non-hydrogen) atoms. The highest BCUT2D eigenvalue weighted by Gasteiger charge is 2.23. The number of hydrogen-bond donors (Lipinski definition) is 0. The molecular formula is C38H52Cl2N4O8. The average Bonchev–Trinajstić information content (AvgIpc) is 3.16. The molecule has 2 aromatic rings. The summed E-state index contributed by atoms with van der Waals surface area (Å²) in [6, 6.07) is 7.41. The van der Waals surface area contributed by atoms with Gasteiger partial charge in [-0.05, 0) is 35.4 Å². The molecule has 14 heteroatoms. The SMILES string of the molecule is COc1cc(/C=C/C=C/C(=O)N2CCN(CCN3CCN(C(=O)/C=C/C=C/c4cc(OC)c(OC)c(OC)c4)CC3)CC2)cc(OC)c1OC.Cl.Cl. The highest BCUT2D eigenvalue weighted by atomic mass is 35.5. The van der Waals surface area contributed by atoms with Crippen molar-refractivity contribution in [2.45, 2.75) is 0 Å². The Morgan fingerprint density at radius 2 is 0.808 bits per heavy atom. The fourth-order valence-corrected chi connectivity index (χ4v) is 5.88. The molecule has 12 nitrogen and oxygen atoms in total. The first-order valence-electron chi connectivity index (χ1n) is 16.7. The van der Waals surface area contributed by atoms with Gasteiger partial charge >= 0.3 is 0 Å². The van der Waals surface area contributed by atoms with Crippen LogP contribution in [0, 0.1) is 0 Å². The van der Waals surface area contributed by atoms with Crippen molar-refractivity contribution >= 4 is 48.8 Å². The molecule has 0 aliphatic carbocycles. The maximum atomic E-state index is 12.8. The summed E-state index contributed by atoms with van der Waals surface area (Å²) in [6.07, 6.45) is 14.1. The average molecular weight is 764 g/mol. The first kappa shape index (κ1) is 43.8. The van der Waals surface area contributed by atoms with Crippen LogP contribution in [-0.2, 0) is 9.59 Å². The van der Waals surface area contributed by atoms with E-state index in [1.165, 1.54) is 0 Å². The molecule has 2 aliphatic heterocycles. The maximum Gasteiger partial charge on any atom is 0.246 e. The molecule has 0 spiro atoms. The molecule has 4 rings (SSSR count). The van der Waals surface area contributed by atoms with E-state index in [-0.39, 0.29) is 36.6 Å². The summed E-state index contributed by atoms with van der Waals surface area (Å²) in [5, 5.41) is 0. The highest BCUT2D eigenvalue weighted by molar-refractivity contribution is 5.88. The molecule has 0 atom stereocenters. The Bertz CT molecular complexity index is 1400. The van der Waals surface area contributed by atoms with Gasteiger partial charge in [0.1, 0.15) is 0 Å². The predicted molar refractivity (Wildman–Crippen MR) is 209 cm³/mol. The lowest BCUT2D eigenvalue weighted by Gasteiger charge is -2.37. The number of halogens is 2. The summed E-state index contributed by atoms with van der Waals surface area (Å²) in [6.45, 7) is 8.03. The molecule has 2 saturated heterocycles. The minimum Gasteiger partial charge on any atom is -0.493 e. The smallest absolute Gasteiger partial charge is 0.246 e. The number of amides is 2. The summed E-state index contributed by atoms with van der Waals surface area (Å²) in [5.41, 5.74) is 1.74. The molecule has 0 bridgehead atoms. The van der Waals surface area contributed by atoms with Crippen molar-refractivity contribution in [3.05, 3.63) is 71.8 Å². The molecule has 2 heterocycles. The van der Waals surface area contributed by atoms with Gasteiger partial charge in [0.15, 0.2) is 23.0 Å². The van der Waals surface area contributed by atoms with Crippen molar-refractivity contribution in [1.82, 2.24) is 19.6 Å². The quantitative estimate of drug-likeness (QED) is 0.187. The Hall–Kier alpha value is -4.36. The Morgan fingerprint density at radius 1 is 0.500 bits per heavy atom. The van der Waals surface area contributed by atoms with Crippen LogP contribution >= 0.6 is 24.8 Å². The van der Waals surface area contributed by atoms with Crippen molar-refractivity contribution in [2.75, 3.05) is 108 Å². The van der Waals surface area contributed by atoms with Crippen LogP contribution in [0.5, 0.6) is 34.5 Å². The van der Waals surface area contributed by atoms with Crippen LogP contribution < -0.4 is 28.4 Å². The Kier molecular flexibility index (Phi) is 19.0. The van der Waals surface area contributed by atoms with Gasteiger partial charge in [0.25, 0.3) is 0 Å². The van der Waals surface area contributed by atoms with Crippen molar-refractivity contribution in [3.8, 4) is 34.5 Å². The van der Waals surface area contributed by atoms with Gasteiger partial charge in [-0.25, -0.2) is 0 Å². The van der Waals surface area contributed by atoms with Crippen molar-refractivity contribution in [2.24, 2.45) is 0 Å². The second kappa shape index (κ2) is 22.5. The number of carbonyl (C=O) groups excluding carboxylic acids is 2. The molecule has 2 fully saturated rings. The molecule has 0 aromatic heterocycles. The van der Waals surface area contributed by atoms with Crippen molar-refractivity contribution in [1.29, 1.82) is 0 Å². The fourth-order valence-electron chi connectivity index (χ4n) is 5.88. The third-order valence-electron chi connectivity index (χ3n) is 8.75. The number of ether oxygens (including phenoxy) is 6. The number of allylic oxidation sites excluding steroid dienone is 4. The Labute approximate surface area is 320 Å². The summed E-state index contributed by atoms with van der Waals surface area (Å²) in [5.74, 6) is 3.38. The molecule has 2 amide bonds. The van der Waals surface area contributed by atoms with E-state index in [1.807, 2.05) is 58.4 Å². The number of methoxy groups -OCH3 is 6. The van der Waals surface area contributed by atoms with E-state index in [0.717, 1.165) is 50.4 Å². The van der Waals surface area contributed by atoms with Gasteiger partial charge in [-0.3, -0.25) is 19.4 Å². The largest absolute Gasteiger partial charge is 0.493 e. The Balaban J connectivity index is 0.00000468. The van der Waals surface area contributed by atoms with Crippen LogP contribution in [0.4, 0.5) is 0 Å². The van der Waals surface area contributed by atoms with Gasteiger partial charge in [-0.2, -0.15) is 0 Å². The summed E-state index contributed by atoms with van der Waals surface area (Å²) in [4.78, 5) is 34.1. The standard InChI is InChI=1S/C38H50N4O8.2ClH/c1-45-31-25-29(26-32(46-2)37(31)49-5)11-7-9-13-35(43)41-21-17-39(18-22-41)15-16-40-19-23-42(24-20-40)36(44)14-10-8-12-30-27-33(47-3)38(50-6)34(28-30)48-4;;/h7-14,25-28H,15-24H2,1-6H3;2*1H/b11-7+,12-8+,13-9+,14-10+;;. The normalized spacial score (nSPS) is 15.5. The van der Waals surface area contributed by atoms with Crippen LogP contribution in [-0.4, -0.2) is 140 Å². The second-order valence-electron chi connectivity index (χ2n) is 11.7. The van der Waals surface area contributed by atoms with Gasteiger partial charge < -0.3 is 38.2 Å². The molecule has 0 unspecified atom stereocenters. The maximum absolute atomic E-state index is 12.8. The van der Waals surface area contributed by atoms with Gasteiger partial charge in [-0.15, -0.1) is 24.8 Å². The van der Waals surface area contributed by atoms with Gasteiger partial charge in [0, 0.05) is 77.6 Å². The number of piperazine rings is 2. The van der Waals surface area contributed by atoms with Crippen LogP contribution in [0.15, 0.2) is 60.7 Å². The molecule has 0 N–H and O–H groups in total. The fraction of sp³-hybridized carbons (Fsp3) is 0.421. The number of hydrogen-bond acceptors (Lipinski definition) is 10. The topological polar surface area (TPSA) is 102 Å². The molecule has 2 aromatic carbocycles. The number of rotatable bonds is 15. The number of carbonyl (C=O) groups is 2. The van der Waals surface area contributed by atoms with Crippen molar-refractivity contribution < 1.29 is 38.0 Å². The lowest BCUT2D eigenvalue weighted by Crippen LogP contribution is -2.52. The highest BCUT2D eigenvalue weighted by Crippen LogP contribution is 2.39. The van der Waals surface area contributed by atoms with E-state index in [9.17, 15) is 9.59 Å². The summed E-state index contributed by atoms with van der Waals surface area (Å²) >= 11 is 0. The van der Waals surface area contributed by atoms with Crippen LogP contribution in [0.3, 0.4) is 0 Å². The van der Waals surface area contributed by atoms with E-state index in [2.05, 4.69) is 9.80 Å². The lowest BCUT2D eigenvalue weighted by atomic mass is 10.1. The van der Waals surface area contributed by atoms with Gasteiger partial charge in [-0.1, -0.05) is 36.5 Å². The van der Waals surface area contributed by atoms with Crippen molar-refractivity contribution in [3.63, 3.8) is 0 Å². The zero-order chi connectivity index (χ0) is 35.9. The summed E-state index contributed by atoms with van der Waals surface area (Å²) in [7, 11) is 9.46. The minimum atomic E-state index is 0. The molecule has 2 aliphatic rings. The van der Waals surface area contributed by atoms with E-state index in [4.69, 9.17) is 28.4 Å². The van der Waals surface area contributed by atoms with E-state index >= 15 is 0 Å². The molecule has 0 saturated carbocycles. The molecule has 0 radical (unpaired) electrons. The van der Waals surface area contributed by atoms with E-state index < -0.39 is 0 Å². The minimum absolute atomic E-state index is 0. The third-order valence-corrected chi connectivity index (χ3v) is 8.75. The van der Waals surface area contributed by atoms with Crippen LogP contribution in [0.1, 0.15) is 11.1 Å². The summed E-state index contributed by atoms with van der Waals surface area (Å²) < 4.78 is 32.4. The second-order valence-corrected chi connectivity index (χ2v) is 11.7. The Morgan fingerprint density at radius 3 is 1.08 bits per heavy atom. The first-order valence-corrected chi connectivity index (χ1v) is 16.7.